The lowest BCUT2D eigenvalue weighted by Gasteiger charge is -2.14. The second kappa shape index (κ2) is 8.05. The summed E-state index contributed by atoms with van der Waals surface area (Å²) in [6, 6.07) is 15.8. The van der Waals surface area contributed by atoms with Gasteiger partial charge in [-0.15, -0.1) is 11.3 Å². The van der Waals surface area contributed by atoms with Gasteiger partial charge in [0, 0.05) is 5.69 Å². The van der Waals surface area contributed by atoms with E-state index in [9.17, 15) is 14.4 Å². The van der Waals surface area contributed by atoms with Crippen LogP contribution >= 0.6 is 11.3 Å². The molecule has 8 heteroatoms. The Morgan fingerprint density at radius 2 is 1.94 bits per heavy atom. The highest BCUT2D eigenvalue weighted by Gasteiger charge is 2.18. The number of rotatable bonds is 4. The SMILES string of the molecule is Cc1ccc(C)c(-n2c(=O)c3sccc3n(CC(=O)Nc3cccc(C#N)c3)c2=O)c1. The monoisotopic (exact) mass is 430 g/mol. The lowest BCUT2D eigenvalue weighted by molar-refractivity contribution is -0.116. The van der Waals surface area contributed by atoms with Crippen molar-refractivity contribution in [3.63, 3.8) is 0 Å². The van der Waals surface area contributed by atoms with Gasteiger partial charge in [0.15, 0.2) is 0 Å². The summed E-state index contributed by atoms with van der Waals surface area (Å²) < 4.78 is 2.84. The molecule has 2 heterocycles. The Kier molecular flexibility index (Phi) is 5.28. The van der Waals surface area contributed by atoms with E-state index in [1.165, 1.54) is 15.9 Å². The van der Waals surface area contributed by atoms with Crippen molar-refractivity contribution in [1.29, 1.82) is 5.26 Å². The van der Waals surface area contributed by atoms with E-state index in [-0.39, 0.29) is 6.54 Å². The van der Waals surface area contributed by atoms with E-state index in [0.29, 0.717) is 27.2 Å². The molecule has 4 rings (SSSR count). The zero-order valence-electron chi connectivity index (χ0n) is 16.9. The average Bonchev–Trinajstić information content (AvgIpc) is 3.24. The molecule has 1 amide bonds. The molecule has 7 nitrogen and oxygen atoms in total. The predicted molar refractivity (Wildman–Crippen MR) is 121 cm³/mol. The second-order valence-corrected chi connectivity index (χ2v) is 8.09. The second-order valence-electron chi connectivity index (χ2n) is 7.17. The molecule has 31 heavy (non-hydrogen) atoms. The Morgan fingerprint density at radius 1 is 1.13 bits per heavy atom. The van der Waals surface area contributed by atoms with Crippen molar-refractivity contribution < 1.29 is 4.79 Å². The number of nitriles is 1. The lowest BCUT2D eigenvalue weighted by atomic mass is 10.1. The minimum Gasteiger partial charge on any atom is -0.324 e. The molecule has 154 valence electrons. The van der Waals surface area contributed by atoms with Gasteiger partial charge in [0.05, 0.1) is 22.8 Å². The largest absolute Gasteiger partial charge is 0.336 e. The van der Waals surface area contributed by atoms with Crippen LogP contribution in [0.2, 0.25) is 0 Å². The van der Waals surface area contributed by atoms with Gasteiger partial charge in [0.25, 0.3) is 5.56 Å². The number of nitrogens with zero attached hydrogens (tertiary/aromatic N) is 3. The third-order valence-corrected chi connectivity index (χ3v) is 5.83. The molecule has 0 aliphatic rings. The van der Waals surface area contributed by atoms with Gasteiger partial charge in [0.2, 0.25) is 5.91 Å². The molecule has 0 aliphatic carbocycles. The number of nitrogens with one attached hydrogen (secondary N) is 1. The topological polar surface area (TPSA) is 96.9 Å². The first-order chi connectivity index (χ1) is 14.9. The van der Waals surface area contributed by atoms with E-state index < -0.39 is 17.2 Å². The molecule has 0 saturated heterocycles. The Labute approximate surface area is 181 Å². The van der Waals surface area contributed by atoms with Gasteiger partial charge in [-0.25, -0.2) is 9.36 Å². The van der Waals surface area contributed by atoms with E-state index >= 15 is 0 Å². The molecule has 2 aromatic heterocycles. The van der Waals surface area contributed by atoms with E-state index in [2.05, 4.69) is 5.32 Å². The summed E-state index contributed by atoms with van der Waals surface area (Å²) in [4.78, 5) is 39.2. The van der Waals surface area contributed by atoms with E-state index in [0.717, 1.165) is 15.7 Å². The zero-order valence-corrected chi connectivity index (χ0v) is 17.7. The van der Waals surface area contributed by atoms with Gasteiger partial charge in [-0.05, 0) is 60.7 Å². The number of fused-ring (bicyclic) bond motifs is 1. The number of anilines is 1. The van der Waals surface area contributed by atoms with Gasteiger partial charge in [-0.1, -0.05) is 18.2 Å². The Morgan fingerprint density at radius 3 is 2.71 bits per heavy atom. The van der Waals surface area contributed by atoms with Crippen LogP contribution in [0.1, 0.15) is 16.7 Å². The van der Waals surface area contributed by atoms with Crippen molar-refractivity contribution in [2.24, 2.45) is 0 Å². The van der Waals surface area contributed by atoms with Crippen molar-refractivity contribution in [3.8, 4) is 11.8 Å². The average molecular weight is 430 g/mol. The molecule has 0 fully saturated rings. The fourth-order valence-electron chi connectivity index (χ4n) is 3.42. The van der Waals surface area contributed by atoms with Crippen molar-refractivity contribution in [1.82, 2.24) is 9.13 Å². The summed E-state index contributed by atoms with van der Waals surface area (Å²) in [6.07, 6.45) is 0. The quantitative estimate of drug-likeness (QED) is 0.537. The van der Waals surface area contributed by atoms with Gasteiger partial charge < -0.3 is 5.32 Å². The molecule has 2 aromatic carbocycles. The van der Waals surface area contributed by atoms with Crippen LogP contribution in [0.4, 0.5) is 5.69 Å². The summed E-state index contributed by atoms with van der Waals surface area (Å²) in [6.45, 7) is 3.45. The molecule has 0 unspecified atom stereocenters. The van der Waals surface area contributed by atoms with Crippen molar-refractivity contribution in [2.45, 2.75) is 20.4 Å². The number of amides is 1. The maximum absolute atomic E-state index is 13.4. The maximum atomic E-state index is 13.4. The minimum atomic E-state index is -0.578. The Balaban J connectivity index is 1.81. The molecular weight excluding hydrogens is 412 g/mol. The number of carbonyl (C=O) groups is 1. The maximum Gasteiger partial charge on any atom is 0.336 e. The van der Waals surface area contributed by atoms with Crippen LogP contribution in [0, 0.1) is 25.2 Å². The first-order valence-electron chi connectivity index (χ1n) is 9.50. The number of aromatic nitrogens is 2. The molecule has 4 aromatic rings. The van der Waals surface area contributed by atoms with Crippen LogP contribution < -0.4 is 16.6 Å². The fraction of sp³-hybridized carbons (Fsp3) is 0.130. The smallest absolute Gasteiger partial charge is 0.324 e. The van der Waals surface area contributed by atoms with Gasteiger partial charge in [-0.3, -0.25) is 14.2 Å². The highest BCUT2D eigenvalue weighted by molar-refractivity contribution is 7.17. The molecule has 0 atom stereocenters. The van der Waals surface area contributed by atoms with Crippen molar-refractivity contribution in [2.75, 3.05) is 5.32 Å². The zero-order chi connectivity index (χ0) is 22.1. The van der Waals surface area contributed by atoms with Gasteiger partial charge in [-0.2, -0.15) is 5.26 Å². The van der Waals surface area contributed by atoms with Crippen LogP contribution in [-0.4, -0.2) is 15.0 Å². The molecule has 0 spiro atoms. The van der Waals surface area contributed by atoms with Crippen LogP contribution in [-0.2, 0) is 11.3 Å². The van der Waals surface area contributed by atoms with Crippen LogP contribution in [0.3, 0.4) is 0 Å². The summed E-state index contributed by atoms with van der Waals surface area (Å²) in [7, 11) is 0. The number of benzene rings is 2. The Bertz CT molecular complexity index is 1490. The summed E-state index contributed by atoms with van der Waals surface area (Å²) in [5.41, 5.74) is 2.52. The van der Waals surface area contributed by atoms with E-state index in [1.807, 2.05) is 32.0 Å². The first-order valence-corrected chi connectivity index (χ1v) is 10.4. The molecule has 0 saturated carbocycles. The Hall–Kier alpha value is -3.96. The van der Waals surface area contributed by atoms with Gasteiger partial charge >= 0.3 is 5.69 Å². The lowest BCUT2D eigenvalue weighted by Crippen LogP contribution is -2.40. The normalized spacial score (nSPS) is 10.7. The van der Waals surface area contributed by atoms with Crippen LogP contribution in [0.5, 0.6) is 0 Å². The standard InChI is InChI=1S/C23H18N4O3S/c1-14-6-7-15(2)19(10-14)27-22(29)21-18(8-9-31-21)26(23(27)30)13-20(28)25-17-5-3-4-16(11-17)12-24/h3-11H,13H2,1-2H3,(H,25,28). The predicted octanol–water partition coefficient (Wildman–Crippen LogP) is 3.34. The minimum absolute atomic E-state index is 0.270. The number of hydrogen-bond donors (Lipinski definition) is 1. The van der Waals surface area contributed by atoms with Gasteiger partial charge in [0.1, 0.15) is 11.2 Å². The summed E-state index contributed by atoms with van der Waals surface area (Å²) in [5.74, 6) is -0.434. The van der Waals surface area contributed by atoms with E-state index in [4.69, 9.17) is 5.26 Å². The highest BCUT2D eigenvalue weighted by atomic mass is 32.1. The number of hydrogen-bond acceptors (Lipinski definition) is 5. The molecule has 1 N–H and O–H groups in total. The first kappa shape index (κ1) is 20.3. The third-order valence-electron chi connectivity index (χ3n) is 4.94. The van der Waals surface area contributed by atoms with Crippen molar-refractivity contribution >= 4 is 33.1 Å². The number of thiophene rings is 1. The number of carbonyl (C=O) groups excluding carboxylic acids is 1. The summed E-state index contributed by atoms with van der Waals surface area (Å²) in [5, 5.41) is 13.5. The highest BCUT2D eigenvalue weighted by Crippen LogP contribution is 2.19. The molecule has 0 aliphatic heterocycles. The third kappa shape index (κ3) is 3.79. The number of aryl methyl sites for hydroxylation is 2. The van der Waals surface area contributed by atoms with Crippen molar-refractivity contribution in [3.05, 3.63) is 91.4 Å². The van der Waals surface area contributed by atoms with E-state index in [1.54, 1.807) is 41.8 Å². The fourth-order valence-corrected chi connectivity index (χ4v) is 4.25. The molecule has 0 radical (unpaired) electrons. The van der Waals surface area contributed by atoms with Crippen LogP contribution in [0.25, 0.3) is 15.9 Å². The molecule has 0 bridgehead atoms. The van der Waals surface area contributed by atoms with Crippen LogP contribution in [0.15, 0.2) is 63.5 Å². The molecular formula is C23H18N4O3S. The summed E-state index contributed by atoms with van der Waals surface area (Å²) >= 11 is 1.23.